The molecule has 1 aliphatic heterocycles. The molecule has 1 aliphatic rings. The maximum Gasteiger partial charge on any atom is 0.490 e. The summed E-state index contributed by atoms with van der Waals surface area (Å²) < 4.78 is 52.2. The van der Waals surface area contributed by atoms with Gasteiger partial charge in [0.1, 0.15) is 18.1 Å². The highest BCUT2D eigenvalue weighted by Crippen LogP contribution is 2.66. The Hall–Kier alpha value is -1.82. The van der Waals surface area contributed by atoms with Gasteiger partial charge in [0, 0.05) is 31.1 Å². The van der Waals surface area contributed by atoms with Gasteiger partial charge in [-0.15, -0.1) is 0 Å². The van der Waals surface area contributed by atoms with Gasteiger partial charge in [0.15, 0.2) is 0 Å². The lowest BCUT2D eigenvalue weighted by molar-refractivity contribution is -0.121. The molecule has 0 aromatic carbocycles. The van der Waals surface area contributed by atoms with Gasteiger partial charge in [-0.2, -0.15) is 13.6 Å². The average Bonchev–Trinajstić information content (AvgIpc) is 3.17. The molecule has 1 amide bonds. The number of nitrogens with one attached hydrogen (secondary N) is 1. The number of hydrogen-bond acceptors (Lipinski definition) is 13. The third kappa shape index (κ3) is 12.0. The van der Waals surface area contributed by atoms with Crippen LogP contribution in [0.4, 0.5) is 5.82 Å². The Morgan fingerprint density at radius 1 is 1.18 bits per heavy atom. The van der Waals surface area contributed by atoms with Gasteiger partial charge >= 0.3 is 29.2 Å². The topological polar surface area (TPSA) is 305 Å². The van der Waals surface area contributed by atoms with E-state index in [9.17, 15) is 38.2 Å². The van der Waals surface area contributed by atoms with Crippen molar-refractivity contribution in [1.29, 1.82) is 0 Å². The van der Waals surface area contributed by atoms with Crippen LogP contribution in [0.2, 0.25) is 0 Å². The molecule has 5 atom stereocenters. The number of amides is 1. The van der Waals surface area contributed by atoms with E-state index in [1.807, 2.05) is 0 Å². The van der Waals surface area contributed by atoms with Gasteiger partial charge < -0.3 is 46.2 Å². The van der Waals surface area contributed by atoms with E-state index in [4.69, 9.17) is 26.0 Å². The number of aromatic nitrogens is 2. The molecule has 1 aromatic rings. The number of carbonyl (C=O) groups is 1. The van der Waals surface area contributed by atoms with E-state index < -0.39 is 54.2 Å². The summed E-state index contributed by atoms with van der Waals surface area (Å²) in [5, 5.41) is 13.0. The highest BCUT2D eigenvalue weighted by molar-refractivity contribution is 7.66. The number of rotatable bonds is 16. The van der Waals surface area contributed by atoms with Crippen LogP contribution in [0, 0.1) is 0 Å². The van der Waals surface area contributed by atoms with Crippen LogP contribution in [0.1, 0.15) is 43.9 Å². The average molecular weight is 635 g/mol. The van der Waals surface area contributed by atoms with Gasteiger partial charge in [0.05, 0.1) is 12.7 Å². The van der Waals surface area contributed by atoms with Crippen molar-refractivity contribution in [2.75, 3.05) is 25.4 Å². The second-order valence-corrected chi connectivity index (χ2v) is 12.8. The molecular weight excluding hydrogens is 603 g/mol. The highest BCUT2D eigenvalue weighted by Gasteiger charge is 2.43. The van der Waals surface area contributed by atoms with E-state index in [0.717, 1.165) is 17.4 Å². The first-order valence-electron chi connectivity index (χ1n) is 11.7. The molecule has 0 aliphatic carbocycles. The number of nitrogens with two attached hydrogens (primary N) is 2. The fourth-order valence-electron chi connectivity index (χ4n) is 3.39. The summed E-state index contributed by atoms with van der Waals surface area (Å²) in [7, 11) is -16.7. The van der Waals surface area contributed by atoms with Gasteiger partial charge in [0.2, 0.25) is 5.91 Å². The Bertz CT molecular complexity index is 1250. The predicted molar refractivity (Wildman–Crippen MR) is 137 cm³/mol. The number of nitrogen functional groups attached to an aromatic ring is 1. The van der Waals surface area contributed by atoms with Crippen molar-refractivity contribution in [2.24, 2.45) is 5.73 Å². The van der Waals surface area contributed by atoms with Crippen LogP contribution < -0.4 is 22.5 Å². The molecule has 2 unspecified atom stereocenters. The molecule has 19 nitrogen and oxygen atoms in total. The van der Waals surface area contributed by atoms with E-state index >= 15 is 0 Å². The Morgan fingerprint density at radius 3 is 2.52 bits per heavy atom. The quantitative estimate of drug-likeness (QED) is 0.0835. The van der Waals surface area contributed by atoms with Crippen molar-refractivity contribution >= 4 is 41.3 Å². The smallest absolute Gasteiger partial charge is 0.390 e. The molecule has 10 N–H and O–H groups in total. The van der Waals surface area contributed by atoms with Crippen molar-refractivity contribution in [1.82, 2.24) is 14.9 Å². The van der Waals surface area contributed by atoms with E-state index in [-0.39, 0.29) is 30.3 Å². The largest absolute Gasteiger partial charge is 0.490 e. The minimum Gasteiger partial charge on any atom is -0.390 e. The van der Waals surface area contributed by atoms with Crippen LogP contribution in [0.3, 0.4) is 0 Å². The molecule has 0 saturated carbocycles. The monoisotopic (exact) mass is 635 g/mol. The number of anilines is 1. The van der Waals surface area contributed by atoms with Crippen molar-refractivity contribution < 1.29 is 61.1 Å². The third-order valence-electron chi connectivity index (χ3n) is 5.17. The number of aliphatic hydroxyl groups is 1. The zero-order valence-corrected chi connectivity index (χ0v) is 23.6. The lowest BCUT2D eigenvalue weighted by Crippen LogP contribution is -2.29. The first kappa shape index (κ1) is 34.4. The zero-order chi connectivity index (χ0) is 30.1. The van der Waals surface area contributed by atoms with Gasteiger partial charge in [-0.25, -0.2) is 18.5 Å². The van der Waals surface area contributed by atoms with E-state index in [1.165, 1.54) is 12.3 Å². The summed E-state index contributed by atoms with van der Waals surface area (Å²) in [6.45, 7) is -0.164. The van der Waals surface area contributed by atoms with Crippen LogP contribution in [0.15, 0.2) is 17.1 Å². The van der Waals surface area contributed by atoms with Gasteiger partial charge in [-0.1, -0.05) is 18.6 Å². The van der Waals surface area contributed by atoms with Crippen LogP contribution in [0.5, 0.6) is 0 Å². The number of hydrogen-bond donors (Lipinski definition) is 8. The SMILES string of the molecule is NCCCCCC(=O)NCC=Cc1cn([C@H]2C[C@@H](O)[C@@H](COP(=O)(O)OP(=O)(O)OP(=O)(O)O)O2)c(=O)nc1N. The lowest BCUT2D eigenvalue weighted by atomic mass is 10.2. The molecule has 228 valence electrons. The number of phosphoric ester groups is 1. The Kier molecular flexibility index (Phi) is 12.8. The molecule has 1 saturated heterocycles. The molecular formula is C18H32N5O14P3. The van der Waals surface area contributed by atoms with Crippen molar-refractivity contribution in [3.8, 4) is 0 Å². The molecule has 0 spiro atoms. The molecule has 1 fully saturated rings. The number of phosphoric acid groups is 3. The molecule has 22 heteroatoms. The van der Waals surface area contributed by atoms with Crippen molar-refractivity contribution in [3.63, 3.8) is 0 Å². The summed E-state index contributed by atoms with van der Waals surface area (Å²) in [5.41, 5.74) is 10.7. The first-order chi connectivity index (χ1) is 18.5. The Labute approximate surface area is 227 Å². The maximum atomic E-state index is 12.4. The minimum absolute atomic E-state index is 0.117. The molecule has 1 aromatic heterocycles. The normalized spacial score (nSPS) is 22.7. The predicted octanol–water partition coefficient (Wildman–Crippen LogP) is -0.534. The molecule has 40 heavy (non-hydrogen) atoms. The summed E-state index contributed by atoms with van der Waals surface area (Å²) >= 11 is 0. The standard InChI is InChI=1S/C18H32N5O14P3/c19-7-3-1-2-6-15(25)21-8-4-5-12-10-23(18(26)22-17(12)20)16-9-13(24)14(35-16)11-34-39(30,31)37-40(32,33)36-38(27,28)29/h4-5,10,13-14,16,24H,1-3,6-9,11,19H2,(H,21,25)(H,30,31)(H,32,33)(H2,20,22,26)(H2,27,28,29)/t13-,14-,16-/m1/s1. The molecule has 2 rings (SSSR count). The minimum atomic E-state index is -5.72. The van der Waals surface area contributed by atoms with E-state index in [1.54, 1.807) is 6.08 Å². The van der Waals surface area contributed by atoms with Gasteiger partial charge in [-0.05, 0) is 19.4 Å². The van der Waals surface area contributed by atoms with Crippen LogP contribution >= 0.6 is 23.5 Å². The van der Waals surface area contributed by atoms with E-state index in [0.29, 0.717) is 19.4 Å². The number of nitrogens with zero attached hydrogens (tertiary/aromatic N) is 2. The van der Waals surface area contributed by atoms with Crippen LogP contribution in [-0.2, 0) is 36.4 Å². The highest BCUT2D eigenvalue weighted by atomic mass is 31.3. The fraction of sp³-hybridized carbons (Fsp3) is 0.611. The summed E-state index contributed by atoms with van der Waals surface area (Å²) in [6, 6.07) is 0. The van der Waals surface area contributed by atoms with Crippen LogP contribution in [-0.4, -0.2) is 72.0 Å². The second-order valence-electron chi connectivity index (χ2n) is 8.40. The first-order valence-corrected chi connectivity index (χ1v) is 16.2. The van der Waals surface area contributed by atoms with E-state index in [2.05, 4.69) is 23.4 Å². The molecule has 0 radical (unpaired) electrons. The van der Waals surface area contributed by atoms with Crippen LogP contribution in [0.25, 0.3) is 6.08 Å². The molecule has 0 bridgehead atoms. The van der Waals surface area contributed by atoms with Gasteiger partial charge in [0.25, 0.3) is 0 Å². The number of ether oxygens (including phenoxy) is 1. The molecule has 2 heterocycles. The summed E-state index contributed by atoms with van der Waals surface area (Å²) in [5.74, 6) is -0.262. The fourth-order valence-corrected chi connectivity index (χ4v) is 6.42. The summed E-state index contributed by atoms with van der Waals surface area (Å²) in [4.78, 5) is 63.8. The third-order valence-corrected chi connectivity index (χ3v) is 8.97. The number of carbonyl (C=O) groups excluding carboxylic acids is 1. The lowest BCUT2D eigenvalue weighted by Gasteiger charge is -2.19. The zero-order valence-electron chi connectivity index (χ0n) is 20.9. The van der Waals surface area contributed by atoms with Crippen molar-refractivity contribution in [3.05, 3.63) is 28.3 Å². The second kappa shape index (κ2) is 14.9. The van der Waals surface area contributed by atoms with Crippen molar-refractivity contribution in [2.45, 2.75) is 50.5 Å². The number of aliphatic hydroxyl groups excluding tert-OH is 1. The van der Waals surface area contributed by atoms with Gasteiger partial charge in [-0.3, -0.25) is 13.9 Å². The maximum absolute atomic E-state index is 12.4. The number of unbranched alkanes of at least 4 members (excludes halogenated alkanes) is 2. The summed E-state index contributed by atoms with van der Waals surface area (Å²) in [6.07, 6.45) is 3.07. The Balaban J connectivity index is 1.98. The Morgan fingerprint density at radius 2 is 1.88 bits per heavy atom.